The van der Waals surface area contributed by atoms with Crippen LogP contribution < -0.4 is 0 Å². The highest BCUT2D eigenvalue weighted by atomic mass is 16.6. The summed E-state index contributed by atoms with van der Waals surface area (Å²) in [7, 11) is 0. The van der Waals surface area contributed by atoms with Crippen molar-refractivity contribution in [2.75, 3.05) is 13.1 Å². The molecule has 1 aromatic carbocycles. The molecule has 0 aliphatic carbocycles. The average Bonchev–Trinajstić information content (AvgIpc) is 2.41. The molecule has 0 spiro atoms. The molecule has 4 heteroatoms. The maximum Gasteiger partial charge on any atom is 0.410 e. The van der Waals surface area contributed by atoms with E-state index in [1.54, 1.807) is 4.90 Å². The van der Waals surface area contributed by atoms with Gasteiger partial charge >= 0.3 is 6.09 Å². The maximum atomic E-state index is 12.7. The fourth-order valence-corrected chi connectivity index (χ4v) is 2.76. The number of Topliss-reactive ketones (excluding diaryl/α,β-unsaturated/α-hetero) is 1. The van der Waals surface area contributed by atoms with Gasteiger partial charge in [-0.25, -0.2) is 4.79 Å². The largest absolute Gasteiger partial charge is 0.444 e. The molecule has 0 unspecified atom stereocenters. The van der Waals surface area contributed by atoms with Crippen LogP contribution in [0.5, 0.6) is 0 Å². The first kappa shape index (κ1) is 17.5. The number of benzene rings is 1. The van der Waals surface area contributed by atoms with Crippen molar-refractivity contribution in [1.29, 1.82) is 0 Å². The third kappa shape index (κ3) is 3.92. The Morgan fingerprint density at radius 2 is 1.65 bits per heavy atom. The first-order valence-corrected chi connectivity index (χ1v) is 8.14. The van der Waals surface area contributed by atoms with Crippen LogP contribution in [-0.2, 0) is 4.74 Å². The van der Waals surface area contributed by atoms with Gasteiger partial charge in [0.2, 0.25) is 0 Å². The number of ketones is 1. The molecule has 23 heavy (non-hydrogen) atoms. The molecule has 0 N–H and O–H groups in total. The smallest absolute Gasteiger partial charge is 0.410 e. The summed E-state index contributed by atoms with van der Waals surface area (Å²) in [6.45, 7) is 12.5. The molecule has 0 saturated carbocycles. The van der Waals surface area contributed by atoms with Crippen molar-refractivity contribution in [3.05, 3.63) is 35.4 Å². The second-order valence-corrected chi connectivity index (χ2v) is 8.00. The Morgan fingerprint density at radius 3 is 2.09 bits per heavy atom. The maximum absolute atomic E-state index is 12.7. The van der Waals surface area contributed by atoms with E-state index in [4.69, 9.17) is 4.74 Å². The zero-order valence-corrected chi connectivity index (χ0v) is 15.0. The van der Waals surface area contributed by atoms with E-state index in [1.807, 2.05) is 52.0 Å². The third-order valence-electron chi connectivity index (χ3n) is 4.12. The molecule has 1 heterocycles. The summed E-state index contributed by atoms with van der Waals surface area (Å²) in [5, 5.41) is 0. The highest BCUT2D eigenvalue weighted by Gasteiger charge is 2.48. The van der Waals surface area contributed by atoms with Crippen LogP contribution in [0.1, 0.15) is 63.4 Å². The minimum atomic E-state index is -0.518. The quantitative estimate of drug-likeness (QED) is 0.783. The van der Waals surface area contributed by atoms with Gasteiger partial charge in [0.05, 0.1) is 5.41 Å². The number of rotatable bonds is 3. The van der Waals surface area contributed by atoms with Crippen LogP contribution >= 0.6 is 0 Å². The lowest BCUT2D eigenvalue weighted by molar-refractivity contribution is -0.0197. The van der Waals surface area contributed by atoms with Gasteiger partial charge in [-0.05, 0) is 39.2 Å². The second-order valence-electron chi connectivity index (χ2n) is 8.00. The van der Waals surface area contributed by atoms with E-state index in [0.29, 0.717) is 24.6 Å². The molecule has 1 amide bonds. The lowest BCUT2D eigenvalue weighted by Crippen LogP contribution is -2.61. The Morgan fingerprint density at radius 1 is 1.13 bits per heavy atom. The zero-order chi connectivity index (χ0) is 17.4. The van der Waals surface area contributed by atoms with E-state index in [-0.39, 0.29) is 11.9 Å². The SMILES string of the molecule is CC(C)c1ccc(C(=O)C2(C)CN(C(=O)OC(C)(C)C)C2)cc1. The third-order valence-corrected chi connectivity index (χ3v) is 4.12. The Balaban J connectivity index is 2.00. The highest BCUT2D eigenvalue weighted by molar-refractivity contribution is 6.02. The van der Waals surface area contributed by atoms with Crippen molar-refractivity contribution in [3.63, 3.8) is 0 Å². The van der Waals surface area contributed by atoms with Gasteiger partial charge < -0.3 is 9.64 Å². The van der Waals surface area contributed by atoms with Gasteiger partial charge in [-0.3, -0.25) is 4.79 Å². The van der Waals surface area contributed by atoms with E-state index in [1.165, 1.54) is 5.56 Å². The highest BCUT2D eigenvalue weighted by Crippen LogP contribution is 2.34. The molecule has 0 aromatic heterocycles. The molecule has 1 aliphatic heterocycles. The summed E-state index contributed by atoms with van der Waals surface area (Å²) in [5.74, 6) is 0.536. The van der Waals surface area contributed by atoms with Gasteiger partial charge in [0.15, 0.2) is 5.78 Å². The zero-order valence-electron chi connectivity index (χ0n) is 15.0. The van der Waals surface area contributed by atoms with E-state index in [9.17, 15) is 9.59 Å². The van der Waals surface area contributed by atoms with Gasteiger partial charge in [-0.2, -0.15) is 0 Å². The van der Waals surface area contributed by atoms with Crippen molar-refractivity contribution in [1.82, 2.24) is 4.90 Å². The molecular formula is C19H27NO3. The second kappa shape index (κ2) is 5.99. The summed E-state index contributed by atoms with van der Waals surface area (Å²) in [4.78, 5) is 26.3. The van der Waals surface area contributed by atoms with E-state index >= 15 is 0 Å². The van der Waals surface area contributed by atoms with Crippen LogP contribution in [0.2, 0.25) is 0 Å². The van der Waals surface area contributed by atoms with Gasteiger partial charge in [0.1, 0.15) is 5.60 Å². The predicted octanol–water partition coefficient (Wildman–Crippen LogP) is 4.25. The number of carbonyl (C=O) groups excluding carboxylic acids is 2. The first-order chi connectivity index (χ1) is 10.5. The van der Waals surface area contributed by atoms with Gasteiger partial charge in [-0.1, -0.05) is 38.1 Å². The molecule has 0 radical (unpaired) electrons. The van der Waals surface area contributed by atoms with Crippen LogP contribution in [-0.4, -0.2) is 35.5 Å². The summed E-state index contributed by atoms with van der Waals surface area (Å²) in [5.41, 5.74) is 0.896. The molecule has 1 saturated heterocycles. The molecule has 1 fully saturated rings. The topological polar surface area (TPSA) is 46.6 Å². The average molecular weight is 317 g/mol. The molecule has 0 atom stereocenters. The summed E-state index contributed by atoms with van der Waals surface area (Å²) < 4.78 is 5.34. The fraction of sp³-hybridized carbons (Fsp3) is 0.579. The monoisotopic (exact) mass is 317 g/mol. The van der Waals surface area contributed by atoms with Crippen molar-refractivity contribution < 1.29 is 14.3 Å². The van der Waals surface area contributed by atoms with Gasteiger partial charge in [-0.15, -0.1) is 0 Å². The standard InChI is InChI=1S/C19H27NO3/c1-13(2)14-7-9-15(10-8-14)16(21)19(6)11-20(12-19)17(22)23-18(3,4)5/h7-10,13H,11-12H2,1-6H3. The van der Waals surface area contributed by atoms with E-state index in [2.05, 4.69) is 13.8 Å². The molecule has 0 bridgehead atoms. The minimum Gasteiger partial charge on any atom is -0.444 e. The Labute approximate surface area is 138 Å². The van der Waals surface area contributed by atoms with Crippen LogP contribution in [0.3, 0.4) is 0 Å². The number of hydrogen-bond donors (Lipinski definition) is 0. The van der Waals surface area contributed by atoms with Gasteiger partial charge in [0, 0.05) is 18.7 Å². The van der Waals surface area contributed by atoms with Crippen molar-refractivity contribution >= 4 is 11.9 Å². The Hall–Kier alpha value is -1.84. The minimum absolute atomic E-state index is 0.0904. The van der Waals surface area contributed by atoms with E-state index in [0.717, 1.165) is 0 Å². The number of hydrogen-bond acceptors (Lipinski definition) is 3. The molecule has 126 valence electrons. The lowest BCUT2D eigenvalue weighted by Gasteiger charge is -2.46. The number of nitrogens with zero attached hydrogens (tertiary/aromatic N) is 1. The molecular weight excluding hydrogens is 290 g/mol. The van der Waals surface area contributed by atoms with Crippen molar-refractivity contribution in [2.45, 2.75) is 53.1 Å². The summed E-state index contributed by atoms with van der Waals surface area (Å²) in [6.07, 6.45) is -0.349. The summed E-state index contributed by atoms with van der Waals surface area (Å²) >= 11 is 0. The van der Waals surface area contributed by atoms with Crippen LogP contribution in [0, 0.1) is 5.41 Å². The Kier molecular flexibility index (Phi) is 4.56. The van der Waals surface area contributed by atoms with Crippen LogP contribution in [0.15, 0.2) is 24.3 Å². The molecule has 2 rings (SSSR count). The molecule has 1 aromatic rings. The van der Waals surface area contributed by atoms with Crippen molar-refractivity contribution in [3.8, 4) is 0 Å². The van der Waals surface area contributed by atoms with Gasteiger partial charge in [0.25, 0.3) is 0 Å². The van der Waals surface area contributed by atoms with Crippen LogP contribution in [0.25, 0.3) is 0 Å². The molecule has 4 nitrogen and oxygen atoms in total. The molecule has 1 aliphatic rings. The number of likely N-dealkylation sites (tertiary alicyclic amines) is 1. The van der Waals surface area contributed by atoms with E-state index < -0.39 is 11.0 Å². The number of carbonyl (C=O) groups is 2. The summed E-state index contributed by atoms with van der Waals surface area (Å²) in [6, 6.07) is 7.79. The fourth-order valence-electron chi connectivity index (χ4n) is 2.76. The predicted molar refractivity (Wildman–Crippen MR) is 90.8 cm³/mol. The van der Waals surface area contributed by atoms with Crippen molar-refractivity contribution in [2.24, 2.45) is 5.41 Å². The normalized spacial score (nSPS) is 16.9. The van der Waals surface area contributed by atoms with Crippen LogP contribution in [0.4, 0.5) is 4.79 Å². The number of ether oxygens (including phenoxy) is 1. The number of amides is 1. The Bertz CT molecular complexity index is 590. The lowest BCUT2D eigenvalue weighted by atomic mass is 9.75. The first-order valence-electron chi connectivity index (χ1n) is 8.14.